The van der Waals surface area contributed by atoms with Gasteiger partial charge in [-0.15, -0.1) is 0 Å². The first-order valence-electron chi connectivity index (χ1n) is 9.00. The number of carboxylic acid groups (broad SMARTS) is 2. The summed E-state index contributed by atoms with van der Waals surface area (Å²) in [5, 5.41) is 13.9. The molecule has 0 amide bonds. The molecule has 156 valence electrons. The van der Waals surface area contributed by atoms with Gasteiger partial charge in [0.25, 0.3) is 10.1 Å². The van der Waals surface area contributed by atoms with Crippen LogP contribution in [0.25, 0.3) is 0 Å². The maximum Gasteiger partial charge on any atom is 1.00 e. The van der Waals surface area contributed by atoms with Crippen molar-refractivity contribution in [1.29, 1.82) is 0 Å². The molecule has 0 aromatic rings. The molecule has 3 N–H and O–H groups in total. The van der Waals surface area contributed by atoms with E-state index >= 15 is 0 Å². The van der Waals surface area contributed by atoms with E-state index in [0.717, 1.165) is 13.0 Å². The number of carbonyl (C=O) groups is 2. The maximum atomic E-state index is 10.2. The van der Waals surface area contributed by atoms with Crippen LogP contribution in [-0.2, 0) is 24.4 Å². The van der Waals surface area contributed by atoms with Gasteiger partial charge < -0.3 is 14.9 Å². The van der Waals surface area contributed by atoms with E-state index in [1.165, 1.54) is 51.4 Å². The topological polar surface area (TPSA) is 138 Å². The molecule has 0 aliphatic rings. The summed E-state index contributed by atoms with van der Waals surface area (Å²) in [4.78, 5) is 20.0. The van der Waals surface area contributed by atoms with E-state index in [1.807, 2.05) is 6.61 Å². The standard InChI is InChI=1S/C13H27O.C4H6O7S.K/c1-3-5-6-7-8-9-10-11-13-14-12-4-2;5-3(6)1-2(4(7)8)12(9,10)11;/h12H,3-11,13H2,1-2H3;2H,1H2,(H,5,6)(H,7,8)(H,9,10,11);/q-1;;+1. The molecule has 0 aromatic heterocycles. The van der Waals surface area contributed by atoms with Crippen LogP contribution >= 0.6 is 0 Å². The molecule has 0 rings (SSSR count). The Hall–Kier alpha value is 0.446. The number of rotatable bonds is 15. The Kier molecular flexibility index (Phi) is 25.2. The predicted octanol–water partition coefficient (Wildman–Crippen LogP) is 0.522. The second-order valence-electron chi connectivity index (χ2n) is 5.86. The largest absolute Gasteiger partial charge is 1.00 e. The first-order valence-corrected chi connectivity index (χ1v) is 10.5. The van der Waals surface area contributed by atoms with E-state index in [9.17, 15) is 18.0 Å². The van der Waals surface area contributed by atoms with Gasteiger partial charge in [0.15, 0.2) is 5.25 Å². The van der Waals surface area contributed by atoms with Gasteiger partial charge in [0.05, 0.1) is 6.42 Å². The Morgan fingerprint density at radius 2 is 1.44 bits per heavy atom. The van der Waals surface area contributed by atoms with E-state index in [4.69, 9.17) is 19.5 Å². The van der Waals surface area contributed by atoms with Crippen molar-refractivity contribution >= 4 is 22.1 Å². The third-order valence-corrected chi connectivity index (χ3v) is 4.48. The molecule has 0 bridgehead atoms. The Morgan fingerprint density at radius 1 is 0.963 bits per heavy atom. The van der Waals surface area contributed by atoms with Crippen molar-refractivity contribution in [3.63, 3.8) is 0 Å². The predicted molar refractivity (Wildman–Crippen MR) is 98.4 cm³/mol. The monoisotopic (exact) mass is 436 g/mol. The average molecular weight is 437 g/mol. The summed E-state index contributed by atoms with van der Waals surface area (Å²) < 4.78 is 34.0. The molecule has 0 saturated carbocycles. The molecule has 0 aromatic carbocycles. The Balaban J connectivity index is -0.000000416. The summed E-state index contributed by atoms with van der Waals surface area (Å²) in [5.74, 6) is -3.50. The number of hydrogen-bond acceptors (Lipinski definition) is 5. The summed E-state index contributed by atoms with van der Waals surface area (Å²) >= 11 is 0. The molecule has 0 aliphatic carbocycles. The quantitative estimate of drug-likeness (QED) is 0.146. The van der Waals surface area contributed by atoms with Gasteiger partial charge >= 0.3 is 63.3 Å². The first kappa shape index (κ1) is 32.1. The van der Waals surface area contributed by atoms with Crippen LogP contribution in [0.4, 0.5) is 0 Å². The summed E-state index contributed by atoms with van der Waals surface area (Å²) in [6.45, 7) is 7.19. The van der Waals surface area contributed by atoms with E-state index < -0.39 is 33.7 Å². The average Bonchev–Trinajstić information content (AvgIpc) is 2.53. The molecule has 10 heteroatoms. The summed E-state index contributed by atoms with van der Waals surface area (Å²) in [6.07, 6.45) is 10.8. The Morgan fingerprint density at radius 3 is 1.78 bits per heavy atom. The number of ether oxygens (including phenoxy) is 1. The fourth-order valence-electron chi connectivity index (χ4n) is 2.00. The van der Waals surface area contributed by atoms with Crippen molar-refractivity contribution in [3.05, 3.63) is 6.61 Å². The van der Waals surface area contributed by atoms with Crippen LogP contribution in [0, 0.1) is 6.61 Å². The fraction of sp³-hybridized carbons (Fsp3) is 0.824. The van der Waals surface area contributed by atoms with Gasteiger partial charge in [0.1, 0.15) is 0 Å². The van der Waals surface area contributed by atoms with E-state index in [-0.39, 0.29) is 51.4 Å². The number of aliphatic carboxylic acids is 2. The molecule has 0 radical (unpaired) electrons. The van der Waals surface area contributed by atoms with Crippen molar-refractivity contribution in [2.75, 3.05) is 6.61 Å². The van der Waals surface area contributed by atoms with E-state index in [2.05, 4.69) is 13.8 Å². The van der Waals surface area contributed by atoms with Gasteiger partial charge in [0.2, 0.25) is 0 Å². The number of carboxylic acids is 2. The Labute approximate surface area is 205 Å². The van der Waals surface area contributed by atoms with E-state index in [1.54, 1.807) is 0 Å². The number of unbranched alkanes of at least 4 members (excludes halogenated alkanes) is 7. The third-order valence-electron chi connectivity index (χ3n) is 3.40. The first-order chi connectivity index (χ1) is 12.2. The molecule has 0 spiro atoms. The molecule has 27 heavy (non-hydrogen) atoms. The molecule has 0 aliphatic heterocycles. The summed E-state index contributed by atoms with van der Waals surface area (Å²) in [5.41, 5.74) is 0. The van der Waals surface area contributed by atoms with Crippen molar-refractivity contribution in [2.24, 2.45) is 0 Å². The van der Waals surface area contributed by atoms with Crippen molar-refractivity contribution in [2.45, 2.75) is 83.3 Å². The van der Waals surface area contributed by atoms with Crippen LogP contribution in [0.5, 0.6) is 0 Å². The molecular formula is C17H33KO8S. The third kappa shape index (κ3) is 24.4. The van der Waals surface area contributed by atoms with Crippen LogP contribution in [0.15, 0.2) is 0 Å². The zero-order chi connectivity index (χ0) is 20.4. The van der Waals surface area contributed by atoms with Crippen molar-refractivity contribution < 1.29 is 88.9 Å². The molecule has 0 saturated heterocycles. The van der Waals surface area contributed by atoms with Crippen molar-refractivity contribution in [1.82, 2.24) is 0 Å². The second-order valence-corrected chi connectivity index (χ2v) is 7.46. The fourth-order valence-corrected chi connectivity index (χ4v) is 2.61. The zero-order valence-corrected chi connectivity index (χ0v) is 20.7. The minimum atomic E-state index is -4.84. The molecule has 1 atom stereocenters. The van der Waals surface area contributed by atoms with Gasteiger partial charge in [-0.25, -0.2) is 6.61 Å². The minimum absolute atomic E-state index is 0. The number of hydrogen-bond donors (Lipinski definition) is 3. The zero-order valence-electron chi connectivity index (χ0n) is 16.7. The molecular weight excluding hydrogens is 403 g/mol. The van der Waals surface area contributed by atoms with Crippen LogP contribution in [0.1, 0.15) is 78.1 Å². The van der Waals surface area contributed by atoms with Gasteiger partial charge in [-0.1, -0.05) is 58.8 Å². The summed E-state index contributed by atoms with van der Waals surface area (Å²) in [7, 11) is -4.84. The molecule has 0 heterocycles. The second kappa shape index (κ2) is 21.2. The van der Waals surface area contributed by atoms with Crippen LogP contribution < -0.4 is 51.4 Å². The maximum absolute atomic E-state index is 10.2. The smallest absolute Gasteiger partial charge is 0.552 e. The van der Waals surface area contributed by atoms with Crippen LogP contribution in [0.3, 0.4) is 0 Å². The van der Waals surface area contributed by atoms with Gasteiger partial charge in [-0.2, -0.15) is 14.8 Å². The van der Waals surface area contributed by atoms with Gasteiger partial charge in [-0.3, -0.25) is 14.1 Å². The molecule has 0 fully saturated rings. The minimum Gasteiger partial charge on any atom is -0.552 e. The van der Waals surface area contributed by atoms with Gasteiger partial charge in [-0.05, 0) is 6.42 Å². The summed E-state index contributed by atoms with van der Waals surface area (Å²) in [6, 6.07) is 0. The van der Waals surface area contributed by atoms with Crippen molar-refractivity contribution in [3.8, 4) is 0 Å². The van der Waals surface area contributed by atoms with Crippen LogP contribution in [0.2, 0.25) is 0 Å². The van der Waals surface area contributed by atoms with E-state index in [0.29, 0.717) is 0 Å². The molecule has 8 nitrogen and oxygen atoms in total. The SMILES string of the molecule is CC[CH-]OCCCCCCCCCC.O=C(O)CC(C(=O)O)S(=O)(=O)O.[K+]. The van der Waals surface area contributed by atoms with Crippen LogP contribution in [-0.4, -0.2) is 47.0 Å². The van der Waals surface area contributed by atoms with Gasteiger partial charge in [0, 0.05) is 6.61 Å². The molecule has 1 unspecified atom stereocenters. The Bertz CT molecular complexity index is 456. The normalized spacial score (nSPS) is 11.7.